The Morgan fingerprint density at radius 3 is 3.00 bits per heavy atom. The highest BCUT2D eigenvalue weighted by atomic mass is 16.5. The van der Waals surface area contributed by atoms with Gasteiger partial charge in [0, 0.05) is 26.0 Å². The zero-order chi connectivity index (χ0) is 11.1. The number of rotatable bonds is 6. The molecular weight excluding hydrogens is 188 g/mol. The fourth-order valence-corrected chi connectivity index (χ4v) is 1.45. The van der Waals surface area contributed by atoms with Gasteiger partial charge in [0.15, 0.2) is 0 Å². The molecule has 3 heteroatoms. The van der Waals surface area contributed by atoms with E-state index >= 15 is 0 Å². The van der Waals surface area contributed by atoms with Gasteiger partial charge in [-0.2, -0.15) is 0 Å². The van der Waals surface area contributed by atoms with E-state index in [-0.39, 0.29) is 0 Å². The predicted molar refractivity (Wildman–Crippen MR) is 63.2 cm³/mol. The van der Waals surface area contributed by atoms with Crippen LogP contribution < -0.4 is 5.32 Å². The van der Waals surface area contributed by atoms with Crippen molar-refractivity contribution in [2.75, 3.05) is 19.0 Å². The molecule has 1 rings (SSSR count). The summed E-state index contributed by atoms with van der Waals surface area (Å²) in [6.45, 7) is 5.07. The van der Waals surface area contributed by atoms with E-state index in [0.29, 0.717) is 6.04 Å². The van der Waals surface area contributed by atoms with Crippen LogP contribution in [0.2, 0.25) is 0 Å². The summed E-state index contributed by atoms with van der Waals surface area (Å²) in [5, 5.41) is 3.41. The zero-order valence-corrected chi connectivity index (χ0v) is 9.79. The highest BCUT2D eigenvalue weighted by molar-refractivity contribution is 5.44. The molecule has 0 radical (unpaired) electrons. The fraction of sp³-hybridized carbons (Fsp3) is 0.583. The van der Waals surface area contributed by atoms with E-state index in [1.807, 2.05) is 12.3 Å². The van der Waals surface area contributed by atoms with Gasteiger partial charge in [0.25, 0.3) is 0 Å². The average molecular weight is 208 g/mol. The quantitative estimate of drug-likeness (QED) is 0.780. The topological polar surface area (TPSA) is 34.2 Å². The number of hydrogen-bond donors (Lipinski definition) is 1. The standard InChI is InChI=1S/C12H20N2O/c1-4-11-6-5-8-13-12(11)14-10(2)7-9-15-3/h5-6,8,10H,4,7,9H2,1-3H3,(H,13,14). The van der Waals surface area contributed by atoms with E-state index in [4.69, 9.17) is 4.74 Å². The first kappa shape index (κ1) is 12.0. The molecule has 1 heterocycles. The second kappa shape index (κ2) is 6.40. The first-order chi connectivity index (χ1) is 7.27. The monoisotopic (exact) mass is 208 g/mol. The molecule has 0 aliphatic heterocycles. The summed E-state index contributed by atoms with van der Waals surface area (Å²) in [7, 11) is 1.73. The van der Waals surface area contributed by atoms with Crippen molar-refractivity contribution >= 4 is 5.82 Å². The van der Waals surface area contributed by atoms with E-state index < -0.39 is 0 Å². The van der Waals surface area contributed by atoms with Crippen molar-refractivity contribution in [3.8, 4) is 0 Å². The Morgan fingerprint density at radius 2 is 2.33 bits per heavy atom. The summed E-state index contributed by atoms with van der Waals surface area (Å²) in [5.41, 5.74) is 1.27. The number of nitrogens with one attached hydrogen (secondary N) is 1. The molecule has 0 aliphatic rings. The van der Waals surface area contributed by atoms with Gasteiger partial charge < -0.3 is 10.1 Å². The van der Waals surface area contributed by atoms with Crippen LogP contribution in [0.5, 0.6) is 0 Å². The van der Waals surface area contributed by atoms with Gasteiger partial charge >= 0.3 is 0 Å². The summed E-state index contributed by atoms with van der Waals surface area (Å²) >= 11 is 0. The van der Waals surface area contributed by atoms with E-state index in [1.165, 1.54) is 5.56 Å². The van der Waals surface area contributed by atoms with Crippen LogP contribution in [0.25, 0.3) is 0 Å². The molecule has 1 aromatic rings. The smallest absolute Gasteiger partial charge is 0.129 e. The van der Waals surface area contributed by atoms with Crippen LogP contribution in [0.3, 0.4) is 0 Å². The van der Waals surface area contributed by atoms with Crippen LogP contribution in [0.15, 0.2) is 18.3 Å². The fourth-order valence-electron chi connectivity index (χ4n) is 1.45. The third-order valence-electron chi connectivity index (χ3n) is 2.41. The Morgan fingerprint density at radius 1 is 1.53 bits per heavy atom. The highest BCUT2D eigenvalue weighted by Crippen LogP contribution is 2.13. The number of anilines is 1. The lowest BCUT2D eigenvalue weighted by Gasteiger charge is -2.16. The Hall–Kier alpha value is -1.09. The summed E-state index contributed by atoms with van der Waals surface area (Å²) in [6, 6.07) is 4.48. The lowest BCUT2D eigenvalue weighted by atomic mass is 10.2. The number of aryl methyl sites for hydroxylation is 1. The van der Waals surface area contributed by atoms with Gasteiger partial charge in [-0.05, 0) is 31.4 Å². The molecule has 0 spiro atoms. The first-order valence-corrected chi connectivity index (χ1v) is 5.47. The van der Waals surface area contributed by atoms with Crippen molar-refractivity contribution in [1.82, 2.24) is 4.98 Å². The molecule has 0 aromatic carbocycles. The van der Waals surface area contributed by atoms with E-state index in [9.17, 15) is 0 Å². The Kier molecular flexibility index (Phi) is 5.12. The number of aromatic nitrogens is 1. The van der Waals surface area contributed by atoms with E-state index in [0.717, 1.165) is 25.3 Å². The molecule has 1 aromatic heterocycles. The largest absolute Gasteiger partial charge is 0.385 e. The minimum absolute atomic E-state index is 0.394. The normalized spacial score (nSPS) is 12.5. The average Bonchev–Trinajstić information content (AvgIpc) is 2.27. The van der Waals surface area contributed by atoms with Gasteiger partial charge in [-0.3, -0.25) is 0 Å². The van der Waals surface area contributed by atoms with E-state index in [1.54, 1.807) is 7.11 Å². The lowest BCUT2D eigenvalue weighted by Crippen LogP contribution is -2.18. The van der Waals surface area contributed by atoms with Crippen LogP contribution in [0.1, 0.15) is 25.8 Å². The molecule has 0 fully saturated rings. The summed E-state index contributed by atoms with van der Waals surface area (Å²) in [6.07, 6.45) is 3.83. The molecule has 15 heavy (non-hydrogen) atoms. The molecular formula is C12H20N2O. The maximum absolute atomic E-state index is 5.05. The van der Waals surface area contributed by atoms with Crippen molar-refractivity contribution in [2.24, 2.45) is 0 Å². The molecule has 1 unspecified atom stereocenters. The SMILES string of the molecule is CCc1cccnc1NC(C)CCOC. The van der Waals surface area contributed by atoms with Gasteiger partial charge in [0.1, 0.15) is 5.82 Å². The van der Waals surface area contributed by atoms with Crippen molar-refractivity contribution in [1.29, 1.82) is 0 Å². The summed E-state index contributed by atoms with van der Waals surface area (Å²) < 4.78 is 5.05. The molecule has 0 saturated carbocycles. The van der Waals surface area contributed by atoms with Gasteiger partial charge in [-0.15, -0.1) is 0 Å². The van der Waals surface area contributed by atoms with Crippen molar-refractivity contribution < 1.29 is 4.74 Å². The summed E-state index contributed by atoms with van der Waals surface area (Å²) in [4.78, 5) is 4.35. The Balaban J connectivity index is 2.55. The zero-order valence-electron chi connectivity index (χ0n) is 9.79. The number of hydrogen-bond acceptors (Lipinski definition) is 3. The molecule has 0 aliphatic carbocycles. The molecule has 0 amide bonds. The van der Waals surface area contributed by atoms with Crippen molar-refractivity contribution in [3.63, 3.8) is 0 Å². The second-order valence-corrected chi connectivity index (χ2v) is 3.69. The number of methoxy groups -OCH3 is 1. The van der Waals surface area contributed by atoms with Gasteiger partial charge in [0.05, 0.1) is 0 Å². The number of ether oxygens (including phenoxy) is 1. The van der Waals surface area contributed by atoms with Crippen LogP contribution in [-0.4, -0.2) is 24.7 Å². The van der Waals surface area contributed by atoms with Crippen molar-refractivity contribution in [2.45, 2.75) is 32.7 Å². The second-order valence-electron chi connectivity index (χ2n) is 3.69. The number of nitrogens with zero attached hydrogens (tertiary/aromatic N) is 1. The third-order valence-corrected chi connectivity index (χ3v) is 2.41. The molecule has 3 nitrogen and oxygen atoms in total. The van der Waals surface area contributed by atoms with E-state index in [2.05, 4.69) is 30.2 Å². The predicted octanol–water partition coefficient (Wildman–Crippen LogP) is 2.48. The Labute approximate surface area is 91.9 Å². The number of pyridine rings is 1. The van der Waals surface area contributed by atoms with Gasteiger partial charge in [0.2, 0.25) is 0 Å². The van der Waals surface area contributed by atoms with Crippen LogP contribution in [0.4, 0.5) is 5.82 Å². The summed E-state index contributed by atoms with van der Waals surface area (Å²) in [5.74, 6) is 1.00. The minimum Gasteiger partial charge on any atom is -0.385 e. The molecule has 1 N–H and O–H groups in total. The highest BCUT2D eigenvalue weighted by Gasteiger charge is 2.05. The maximum Gasteiger partial charge on any atom is 0.129 e. The molecule has 1 atom stereocenters. The Bertz CT molecular complexity index is 289. The lowest BCUT2D eigenvalue weighted by molar-refractivity contribution is 0.191. The van der Waals surface area contributed by atoms with Crippen LogP contribution in [0, 0.1) is 0 Å². The third kappa shape index (κ3) is 3.88. The first-order valence-electron chi connectivity index (χ1n) is 5.47. The maximum atomic E-state index is 5.05. The minimum atomic E-state index is 0.394. The van der Waals surface area contributed by atoms with Crippen molar-refractivity contribution in [3.05, 3.63) is 23.9 Å². The molecule has 0 saturated heterocycles. The van der Waals surface area contributed by atoms with Gasteiger partial charge in [-0.25, -0.2) is 4.98 Å². The van der Waals surface area contributed by atoms with Crippen LogP contribution in [-0.2, 0) is 11.2 Å². The van der Waals surface area contributed by atoms with Crippen LogP contribution >= 0.6 is 0 Å². The van der Waals surface area contributed by atoms with Gasteiger partial charge in [-0.1, -0.05) is 13.0 Å². The molecule has 84 valence electrons. The molecule has 0 bridgehead atoms.